The zero-order valence-electron chi connectivity index (χ0n) is 18.8. The quantitative estimate of drug-likeness (QED) is 0.161. The fourth-order valence-corrected chi connectivity index (χ4v) is 4.71. The van der Waals surface area contributed by atoms with Crippen LogP contribution in [0.25, 0.3) is 0 Å². The molecule has 3 aromatic rings. The zero-order valence-corrected chi connectivity index (χ0v) is 19.6. The number of ether oxygens (including phenoxy) is 1. The third-order valence-corrected chi connectivity index (χ3v) is 6.40. The molecular weight excluding hydrogens is 475 g/mol. The molecule has 35 heavy (non-hydrogen) atoms. The Morgan fingerprint density at radius 2 is 1.94 bits per heavy atom. The molecular formula is C24H21FN4O5S. The van der Waals surface area contributed by atoms with Crippen LogP contribution in [-0.4, -0.2) is 27.5 Å². The number of esters is 1. The molecule has 1 aliphatic heterocycles. The van der Waals surface area contributed by atoms with E-state index in [1.54, 1.807) is 32.0 Å². The van der Waals surface area contributed by atoms with Gasteiger partial charge >= 0.3 is 5.97 Å². The zero-order chi connectivity index (χ0) is 25.1. The number of halogens is 1. The summed E-state index contributed by atoms with van der Waals surface area (Å²) in [6.07, 6.45) is 0. The van der Waals surface area contributed by atoms with E-state index in [-0.39, 0.29) is 46.0 Å². The summed E-state index contributed by atoms with van der Waals surface area (Å²) < 4.78 is 19.2. The number of thioether (sulfide) groups is 1. The van der Waals surface area contributed by atoms with Crippen LogP contribution in [0.5, 0.6) is 0 Å². The lowest BCUT2D eigenvalue weighted by atomic mass is 9.82. The van der Waals surface area contributed by atoms with Crippen LogP contribution >= 0.6 is 11.8 Å². The number of carbonyl (C=O) groups is 1. The summed E-state index contributed by atoms with van der Waals surface area (Å²) in [6, 6.07) is 12.0. The van der Waals surface area contributed by atoms with Gasteiger partial charge in [-0.3, -0.25) is 14.9 Å². The maximum atomic E-state index is 14.0. The molecule has 0 saturated carbocycles. The van der Waals surface area contributed by atoms with Gasteiger partial charge in [0.05, 0.1) is 28.6 Å². The van der Waals surface area contributed by atoms with Crippen molar-refractivity contribution in [3.63, 3.8) is 0 Å². The number of non-ortho nitro benzene ring substituents is 1. The Morgan fingerprint density at radius 3 is 2.60 bits per heavy atom. The number of allylic oxidation sites excluding steroid dienone is 1. The molecule has 1 aromatic heterocycles. The summed E-state index contributed by atoms with van der Waals surface area (Å²) in [7, 11) is 0. The lowest BCUT2D eigenvalue weighted by Crippen LogP contribution is -2.31. The number of nitrogens with one attached hydrogen (secondary N) is 2. The van der Waals surface area contributed by atoms with Crippen molar-refractivity contribution in [1.82, 2.24) is 9.97 Å². The summed E-state index contributed by atoms with van der Waals surface area (Å²) in [5.41, 5.74) is 1.21. The Bertz CT molecular complexity index is 1390. The van der Waals surface area contributed by atoms with Gasteiger partial charge in [-0.05, 0) is 31.0 Å². The van der Waals surface area contributed by atoms with Crippen LogP contribution in [0.4, 0.5) is 15.9 Å². The van der Waals surface area contributed by atoms with Crippen LogP contribution in [0.1, 0.15) is 36.5 Å². The molecule has 0 saturated heterocycles. The highest BCUT2D eigenvalue weighted by molar-refractivity contribution is 7.98. The summed E-state index contributed by atoms with van der Waals surface area (Å²) in [5.74, 6) is -1.31. The standard InChI is InChI=1S/C24H21FN4O5S/c1-3-34-23(31)18-13(2)26-21-20(19(18)14-8-10-16(11-9-14)29(32)33)22(30)28-24(27-21)35-12-15-6-4-5-7-17(15)25/h4-11,19H,3,12H2,1-2H3,(H2,26,27,28,30). The van der Waals surface area contributed by atoms with E-state index in [9.17, 15) is 24.1 Å². The van der Waals surface area contributed by atoms with Crippen molar-refractivity contribution in [3.05, 3.63) is 103 Å². The first-order valence-corrected chi connectivity index (χ1v) is 11.7. The number of hydrogen-bond donors (Lipinski definition) is 2. The minimum Gasteiger partial charge on any atom is -0.463 e. The molecule has 0 spiro atoms. The molecule has 0 amide bonds. The monoisotopic (exact) mass is 496 g/mol. The van der Waals surface area contributed by atoms with Gasteiger partial charge in [0.25, 0.3) is 11.2 Å². The van der Waals surface area contributed by atoms with Crippen molar-refractivity contribution in [2.24, 2.45) is 0 Å². The Balaban J connectivity index is 1.77. The second kappa shape index (κ2) is 10.1. The van der Waals surface area contributed by atoms with Gasteiger partial charge in [0.2, 0.25) is 0 Å². The molecule has 0 bridgehead atoms. The predicted octanol–water partition coefficient (Wildman–Crippen LogP) is 4.50. The van der Waals surface area contributed by atoms with E-state index in [4.69, 9.17) is 4.74 Å². The molecule has 2 aromatic carbocycles. The van der Waals surface area contributed by atoms with Gasteiger partial charge in [-0.25, -0.2) is 14.2 Å². The molecule has 9 nitrogen and oxygen atoms in total. The lowest BCUT2D eigenvalue weighted by molar-refractivity contribution is -0.384. The molecule has 11 heteroatoms. The molecule has 180 valence electrons. The molecule has 1 aliphatic rings. The number of anilines is 1. The Kier molecular flexibility index (Phi) is 6.97. The highest BCUT2D eigenvalue weighted by Gasteiger charge is 2.36. The molecule has 0 aliphatic carbocycles. The number of nitro groups is 1. The van der Waals surface area contributed by atoms with E-state index in [0.29, 0.717) is 16.8 Å². The second-order valence-corrected chi connectivity index (χ2v) is 8.64. The van der Waals surface area contributed by atoms with Crippen molar-refractivity contribution < 1.29 is 18.8 Å². The summed E-state index contributed by atoms with van der Waals surface area (Å²) in [6.45, 7) is 3.48. The van der Waals surface area contributed by atoms with Crippen LogP contribution in [0.3, 0.4) is 0 Å². The fraction of sp³-hybridized carbons (Fsp3) is 0.208. The molecule has 0 fully saturated rings. The largest absolute Gasteiger partial charge is 0.463 e. The Labute approximate surface area is 203 Å². The minimum absolute atomic E-state index is 0.117. The van der Waals surface area contributed by atoms with E-state index in [1.807, 2.05) is 0 Å². The number of aromatic nitrogens is 2. The summed E-state index contributed by atoms with van der Waals surface area (Å²) in [5, 5.41) is 14.4. The van der Waals surface area contributed by atoms with Crippen LogP contribution in [-0.2, 0) is 15.3 Å². The number of rotatable bonds is 7. The van der Waals surface area contributed by atoms with Crippen molar-refractivity contribution in [1.29, 1.82) is 0 Å². The molecule has 4 rings (SSSR count). The van der Waals surface area contributed by atoms with Gasteiger partial charge in [0.1, 0.15) is 11.6 Å². The number of benzene rings is 2. The van der Waals surface area contributed by atoms with Crippen LogP contribution < -0.4 is 10.9 Å². The van der Waals surface area contributed by atoms with E-state index >= 15 is 0 Å². The van der Waals surface area contributed by atoms with Crippen molar-refractivity contribution >= 4 is 29.2 Å². The first-order chi connectivity index (χ1) is 16.8. The van der Waals surface area contributed by atoms with E-state index in [2.05, 4.69) is 15.3 Å². The molecule has 1 unspecified atom stereocenters. The lowest BCUT2D eigenvalue weighted by Gasteiger charge is -2.28. The molecule has 0 radical (unpaired) electrons. The highest BCUT2D eigenvalue weighted by Crippen LogP contribution is 2.40. The van der Waals surface area contributed by atoms with E-state index in [0.717, 1.165) is 11.8 Å². The van der Waals surface area contributed by atoms with Crippen molar-refractivity contribution in [2.45, 2.75) is 30.7 Å². The first-order valence-electron chi connectivity index (χ1n) is 10.7. The normalized spacial score (nSPS) is 14.8. The number of nitrogens with zero attached hydrogens (tertiary/aromatic N) is 2. The van der Waals surface area contributed by atoms with Crippen molar-refractivity contribution in [3.8, 4) is 0 Å². The summed E-state index contributed by atoms with van der Waals surface area (Å²) >= 11 is 1.16. The number of H-pyrrole nitrogens is 1. The number of carbonyl (C=O) groups excluding carboxylic acids is 1. The number of fused-ring (bicyclic) bond motifs is 1. The highest BCUT2D eigenvalue weighted by atomic mass is 32.2. The second-order valence-electron chi connectivity index (χ2n) is 7.68. The Morgan fingerprint density at radius 1 is 1.23 bits per heavy atom. The SMILES string of the molecule is CCOC(=O)C1=C(C)Nc2nc(SCc3ccccc3F)[nH]c(=O)c2C1c1ccc([N+](=O)[O-])cc1. The number of hydrogen-bond acceptors (Lipinski definition) is 8. The maximum Gasteiger partial charge on any atom is 0.336 e. The molecule has 1 atom stereocenters. The van der Waals surface area contributed by atoms with E-state index < -0.39 is 22.4 Å². The van der Waals surface area contributed by atoms with E-state index in [1.165, 1.54) is 30.3 Å². The van der Waals surface area contributed by atoms with Gasteiger partial charge in [0.15, 0.2) is 5.16 Å². The minimum atomic E-state index is -0.854. The average molecular weight is 497 g/mol. The number of nitro benzene ring substituents is 1. The van der Waals surface area contributed by atoms with Gasteiger partial charge < -0.3 is 15.0 Å². The summed E-state index contributed by atoms with van der Waals surface area (Å²) in [4.78, 5) is 43.9. The third kappa shape index (κ3) is 4.94. The topological polar surface area (TPSA) is 127 Å². The third-order valence-electron chi connectivity index (χ3n) is 5.48. The number of aromatic amines is 1. The molecule has 2 heterocycles. The van der Waals surface area contributed by atoms with Crippen LogP contribution in [0.2, 0.25) is 0 Å². The smallest absolute Gasteiger partial charge is 0.336 e. The average Bonchev–Trinajstić information content (AvgIpc) is 2.82. The van der Waals surface area contributed by atoms with Gasteiger partial charge in [0, 0.05) is 23.6 Å². The van der Waals surface area contributed by atoms with Crippen LogP contribution in [0, 0.1) is 15.9 Å². The first kappa shape index (κ1) is 24.1. The van der Waals surface area contributed by atoms with Gasteiger partial charge in [-0.15, -0.1) is 0 Å². The fourth-order valence-electron chi connectivity index (χ4n) is 3.86. The van der Waals surface area contributed by atoms with Gasteiger partial charge in [-0.1, -0.05) is 42.1 Å². The van der Waals surface area contributed by atoms with Crippen molar-refractivity contribution in [2.75, 3.05) is 11.9 Å². The Hall–Kier alpha value is -3.99. The van der Waals surface area contributed by atoms with Gasteiger partial charge in [-0.2, -0.15) is 0 Å². The predicted molar refractivity (Wildman–Crippen MR) is 129 cm³/mol. The van der Waals surface area contributed by atoms with Crippen LogP contribution in [0.15, 0.2) is 69.8 Å². The maximum absolute atomic E-state index is 14.0. The molecule has 2 N–H and O–H groups in total.